The van der Waals surface area contributed by atoms with Crippen LogP contribution in [-0.2, 0) is 24.0 Å². The molecule has 114 valence electrons. The van der Waals surface area contributed by atoms with Crippen molar-refractivity contribution >= 4 is 5.97 Å². The Bertz CT molecular complexity index is 420. The molecular formula is C15H24O5. The average molecular weight is 284 g/mol. The molecule has 2 heterocycles. The molecule has 2 aliphatic heterocycles. The van der Waals surface area contributed by atoms with E-state index in [0.29, 0.717) is 5.92 Å². The Balaban J connectivity index is 2.02. The Labute approximate surface area is 119 Å². The Hall–Kier alpha value is -0.650. The van der Waals surface area contributed by atoms with E-state index in [0.717, 1.165) is 12.8 Å². The monoisotopic (exact) mass is 284 g/mol. The molecule has 0 aromatic heterocycles. The lowest BCUT2D eigenvalue weighted by atomic mass is 9.59. The zero-order chi connectivity index (χ0) is 14.7. The first-order chi connectivity index (χ1) is 9.28. The van der Waals surface area contributed by atoms with Crippen molar-refractivity contribution in [2.75, 3.05) is 0 Å². The van der Waals surface area contributed by atoms with Gasteiger partial charge in [0.1, 0.15) is 0 Å². The Kier molecular flexibility index (Phi) is 3.16. The first-order valence-corrected chi connectivity index (χ1v) is 7.53. The van der Waals surface area contributed by atoms with Crippen molar-refractivity contribution in [3.63, 3.8) is 0 Å². The van der Waals surface area contributed by atoms with E-state index in [1.165, 1.54) is 0 Å². The minimum atomic E-state index is -0.901. The van der Waals surface area contributed by atoms with Crippen molar-refractivity contribution in [2.24, 2.45) is 23.7 Å². The fourth-order valence-corrected chi connectivity index (χ4v) is 3.94. The van der Waals surface area contributed by atoms with Crippen LogP contribution in [0, 0.1) is 23.7 Å². The predicted molar refractivity (Wildman–Crippen MR) is 70.2 cm³/mol. The average Bonchev–Trinajstić information content (AvgIpc) is 2.37. The van der Waals surface area contributed by atoms with Crippen LogP contribution in [-0.4, -0.2) is 23.6 Å². The number of carbonyl (C=O) groups excluding carboxylic acids is 1. The first kappa shape index (κ1) is 14.3. The molecule has 0 aromatic carbocycles. The van der Waals surface area contributed by atoms with Gasteiger partial charge in [-0.05, 0) is 38.5 Å². The first-order valence-electron chi connectivity index (χ1n) is 7.53. The summed E-state index contributed by atoms with van der Waals surface area (Å²) in [7, 11) is 0. The molecule has 0 radical (unpaired) electrons. The zero-order valence-corrected chi connectivity index (χ0v) is 12.8. The molecule has 3 fully saturated rings. The molecule has 5 nitrogen and oxygen atoms in total. The van der Waals surface area contributed by atoms with E-state index < -0.39 is 17.7 Å². The van der Waals surface area contributed by atoms with Gasteiger partial charge in [-0.2, -0.15) is 0 Å². The molecule has 1 aliphatic carbocycles. The maximum Gasteiger partial charge on any atom is 0.311 e. The van der Waals surface area contributed by atoms with Gasteiger partial charge < -0.3 is 9.47 Å². The standard InChI is InChI=1S/C15H24O5/c1-8-6-7-11-9(2)12(16)17-13-15(11,10(8)3)20-19-14(4,5)18-13/h8-11,13H,6-7H2,1-5H3/t8-,9-,10+,11?,13?,15-/m1/s1. The highest BCUT2D eigenvalue weighted by atomic mass is 17.3. The minimum Gasteiger partial charge on any atom is -0.432 e. The van der Waals surface area contributed by atoms with Crippen molar-refractivity contribution < 1.29 is 24.0 Å². The SMILES string of the molecule is C[C@@H]1CCC2[C@@H](C)C(=O)OC3OC(C)(C)OO[C@@]32[C@H]1C. The van der Waals surface area contributed by atoms with Gasteiger partial charge in [0.25, 0.3) is 0 Å². The number of hydrogen-bond acceptors (Lipinski definition) is 5. The second kappa shape index (κ2) is 4.42. The quantitative estimate of drug-likeness (QED) is 0.505. The normalized spacial score (nSPS) is 50.9. The van der Waals surface area contributed by atoms with Gasteiger partial charge in [0.15, 0.2) is 11.4 Å². The van der Waals surface area contributed by atoms with Crippen LogP contribution in [0.25, 0.3) is 0 Å². The summed E-state index contributed by atoms with van der Waals surface area (Å²) in [5, 5.41) is 0. The maximum atomic E-state index is 12.1. The maximum absolute atomic E-state index is 12.1. The van der Waals surface area contributed by atoms with Crippen LogP contribution < -0.4 is 0 Å². The van der Waals surface area contributed by atoms with Gasteiger partial charge in [-0.3, -0.25) is 4.79 Å². The lowest BCUT2D eigenvalue weighted by Crippen LogP contribution is -2.70. The smallest absolute Gasteiger partial charge is 0.311 e. The second-order valence-corrected chi connectivity index (χ2v) is 7.05. The third-order valence-corrected chi connectivity index (χ3v) is 5.42. The summed E-state index contributed by atoms with van der Waals surface area (Å²) in [5.41, 5.74) is -0.680. The summed E-state index contributed by atoms with van der Waals surface area (Å²) < 4.78 is 11.4. The summed E-state index contributed by atoms with van der Waals surface area (Å²) in [6, 6.07) is 0. The summed E-state index contributed by atoms with van der Waals surface area (Å²) in [4.78, 5) is 23.5. The molecule has 2 saturated heterocycles. The number of hydrogen-bond donors (Lipinski definition) is 0. The third-order valence-electron chi connectivity index (χ3n) is 5.42. The van der Waals surface area contributed by atoms with Crippen LogP contribution in [0.1, 0.15) is 47.5 Å². The van der Waals surface area contributed by atoms with E-state index in [2.05, 4.69) is 13.8 Å². The molecule has 6 atom stereocenters. The van der Waals surface area contributed by atoms with Gasteiger partial charge in [-0.15, -0.1) is 0 Å². The van der Waals surface area contributed by atoms with Gasteiger partial charge in [0, 0.05) is 5.92 Å². The summed E-state index contributed by atoms with van der Waals surface area (Å²) in [6.45, 7) is 9.78. The molecule has 3 aliphatic rings. The summed E-state index contributed by atoms with van der Waals surface area (Å²) in [6.07, 6.45) is 1.34. The Morgan fingerprint density at radius 1 is 1.10 bits per heavy atom. The predicted octanol–water partition coefficient (Wildman–Crippen LogP) is 2.64. The summed E-state index contributed by atoms with van der Waals surface area (Å²) in [5.74, 6) is -0.518. The number of rotatable bonds is 0. The van der Waals surface area contributed by atoms with E-state index in [4.69, 9.17) is 19.2 Å². The molecule has 0 aromatic rings. The molecule has 5 heteroatoms. The second-order valence-electron chi connectivity index (χ2n) is 7.05. The topological polar surface area (TPSA) is 54.0 Å². The zero-order valence-electron chi connectivity index (χ0n) is 12.8. The van der Waals surface area contributed by atoms with Crippen LogP contribution in [0.3, 0.4) is 0 Å². The van der Waals surface area contributed by atoms with Crippen LogP contribution in [0.4, 0.5) is 0 Å². The summed E-state index contributed by atoms with van der Waals surface area (Å²) >= 11 is 0. The van der Waals surface area contributed by atoms with Crippen molar-refractivity contribution in [3.05, 3.63) is 0 Å². The van der Waals surface area contributed by atoms with E-state index >= 15 is 0 Å². The fourth-order valence-electron chi connectivity index (χ4n) is 3.94. The van der Waals surface area contributed by atoms with Crippen molar-refractivity contribution in [1.82, 2.24) is 0 Å². The number of esters is 1. The third kappa shape index (κ3) is 1.83. The molecule has 20 heavy (non-hydrogen) atoms. The number of carbonyl (C=O) groups is 1. The van der Waals surface area contributed by atoms with Crippen LogP contribution in [0.2, 0.25) is 0 Å². The largest absolute Gasteiger partial charge is 0.432 e. The highest BCUT2D eigenvalue weighted by Crippen LogP contribution is 2.55. The van der Waals surface area contributed by atoms with Crippen molar-refractivity contribution in [3.8, 4) is 0 Å². The minimum absolute atomic E-state index is 0.0797. The van der Waals surface area contributed by atoms with Gasteiger partial charge in [0.2, 0.25) is 6.29 Å². The molecule has 1 saturated carbocycles. The molecule has 3 rings (SSSR count). The van der Waals surface area contributed by atoms with E-state index in [1.54, 1.807) is 13.8 Å². The highest BCUT2D eigenvalue weighted by molar-refractivity contribution is 5.74. The highest BCUT2D eigenvalue weighted by Gasteiger charge is 2.66. The molecule has 0 amide bonds. The van der Waals surface area contributed by atoms with Crippen LogP contribution in [0.15, 0.2) is 0 Å². The van der Waals surface area contributed by atoms with Gasteiger partial charge in [-0.1, -0.05) is 20.8 Å². The van der Waals surface area contributed by atoms with Gasteiger partial charge in [0.05, 0.1) is 5.92 Å². The number of ether oxygens (including phenoxy) is 2. The lowest BCUT2D eigenvalue weighted by molar-refractivity contribution is -0.565. The molecule has 2 unspecified atom stereocenters. The van der Waals surface area contributed by atoms with Crippen LogP contribution in [0.5, 0.6) is 0 Å². The van der Waals surface area contributed by atoms with E-state index in [-0.39, 0.29) is 23.7 Å². The molecule has 0 N–H and O–H groups in total. The van der Waals surface area contributed by atoms with Crippen LogP contribution >= 0.6 is 0 Å². The Morgan fingerprint density at radius 3 is 2.50 bits per heavy atom. The van der Waals surface area contributed by atoms with Crippen molar-refractivity contribution in [1.29, 1.82) is 0 Å². The molecule has 0 bridgehead atoms. The van der Waals surface area contributed by atoms with E-state index in [1.807, 2.05) is 6.92 Å². The lowest BCUT2D eigenvalue weighted by Gasteiger charge is -2.59. The molecular weight excluding hydrogens is 260 g/mol. The van der Waals surface area contributed by atoms with Gasteiger partial charge in [-0.25, -0.2) is 9.78 Å². The fraction of sp³-hybridized carbons (Fsp3) is 0.933. The van der Waals surface area contributed by atoms with Crippen molar-refractivity contribution in [2.45, 2.75) is 65.1 Å². The van der Waals surface area contributed by atoms with Gasteiger partial charge >= 0.3 is 5.97 Å². The van der Waals surface area contributed by atoms with E-state index in [9.17, 15) is 4.79 Å². The molecule has 1 spiro atoms. The Morgan fingerprint density at radius 2 is 1.80 bits per heavy atom.